The van der Waals surface area contributed by atoms with Crippen molar-refractivity contribution >= 4 is 17.2 Å². The molecule has 1 aliphatic heterocycles. The maximum absolute atomic E-state index is 4.54. The summed E-state index contributed by atoms with van der Waals surface area (Å²) in [6.07, 6.45) is 1.85. The van der Waals surface area contributed by atoms with Gasteiger partial charge in [-0.2, -0.15) is 0 Å². The van der Waals surface area contributed by atoms with E-state index in [2.05, 4.69) is 39.6 Å². The number of benzene rings is 1. The zero-order valence-electron chi connectivity index (χ0n) is 9.34. The molecule has 1 aliphatic rings. The number of hydrogen-bond acceptors (Lipinski definition) is 4. The van der Waals surface area contributed by atoms with Crippen LogP contribution in [-0.4, -0.2) is 23.9 Å². The van der Waals surface area contributed by atoms with Crippen molar-refractivity contribution in [3.05, 3.63) is 52.5 Å². The van der Waals surface area contributed by atoms with Crippen molar-refractivity contribution in [1.82, 2.24) is 10.3 Å². The van der Waals surface area contributed by atoms with Gasteiger partial charge in [0.2, 0.25) is 0 Å². The maximum atomic E-state index is 4.54. The second-order valence-electron chi connectivity index (χ2n) is 3.91. The van der Waals surface area contributed by atoms with Crippen molar-refractivity contribution in [2.24, 2.45) is 4.99 Å². The molecule has 17 heavy (non-hydrogen) atoms. The lowest BCUT2D eigenvalue weighted by Gasteiger charge is -2.15. The van der Waals surface area contributed by atoms with Crippen molar-refractivity contribution in [2.75, 3.05) is 13.1 Å². The summed E-state index contributed by atoms with van der Waals surface area (Å²) < 4.78 is 0. The highest BCUT2D eigenvalue weighted by Crippen LogP contribution is 2.27. The molecular formula is C13H13N3S. The molecule has 3 rings (SSSR count). The predicted octanol–water partition coefficient (Wildman–Crippen LogP) is 2.28. The number of nitrogens with one attached hydrogen (secondary N) is 1. The Morgan fingerprint density at radius 1 is 1.24 bits per heavy atom. The Bertz CT molecular complexity index is 505. The van der Waals surface area contributed by atoms with Crippen LogP contribution in [0.2, 0.25) is 0 Å². The largest absolute Gasteiger partial charge is 0.371 e. The highest BCUT2D eigenvalue weighted by Gasteiger charge is 2.24. The lowest BCUT2D eigenvalue weighted by molar-refractivity contribution is 0.930. The topological polar surface area (TPSA) is 37.3 Å². The number of nitrogens with zero attached hydrogens (tertiary/aromatic N) is 2. The summed E-state index contributed by atoms with van der Waals surface area (Å²) in [5, 5.41) is 6.48. The third-order valence-electron chi connectivity index (χ3n) is 2.80. The number of hydrogen-bond donors (Lipinski definition) is 1. The van der Waals surface area contributed by atoms with E-state index >= 15 is 0 Å². The van der Waals surface area contributed by atoms with E-state index in [0.29, 0.717) is 0 Å². The van der Waals surface area contributed by atoms with Crippen LogP contribution in [0, 0.1) is 0 Å². The molecule has 1 atom stereocenters. The van der Waals surface area contributed by atoms with Crippen LogP contribution in [0.4, 0.5) is 0 Å². The standard InChI is InChI=1S/C13H13N3S/c1-2-4-10(5-3-1)11(12-14-6-7-15-12)13-16-8-9-17-13/h1-5,8-9,11H,6-7H2,(H,14,15). The average molecular weight is 243 g/mol. The van der Waals surface area contributed by atoms with Gasteiger partial charge in [-0.3, -0.25) is 4.99 Å². The van der Waals surface area contributed by atoms with Gasteiger partial charge in [-0.1, -0.05) is 30.3 Å². The highest BCUT2D eigenvalue weighted by atomic mass is 32.1. The molecule has 0 saturated heterocycles. The van der Waals surface area contributed by atoms with Gasteiger partial charge in [-0.15, -0.1) is 11.3 Å². The summed E-state index contributed by atoms with van der Waals surface area (Å²) in [5.41, 5.74) is 1.25. The van der Waals surface area contributed by atoms with Gasteiger partial charge in [-0.25, -0.2) is 4.98 Å². The molecule has 0 bridgehead atoms. The lowest BCUT2D eigenvalue weighted by Crippen LogP contribution is -2.26. The molecule has 2 aromatic rings. The first kappa shape index (κ1) is 10.5. The Balaban J connectivity index is 2.03. The van der Waals surface area contributed by atoms with E-state index in [4.69, 9.17) is 0 Å². The van der Waals surface area contributed by atoms with Gasteiger partial charge in [0, 0.05) is 18.1 Å². The van der Waals surface area contributed by atoms with E-state index in [-0.39, 0.29) is 5.92 Å². The molecule has 0 spiro atoms. The fourth-order valence-corrected chi connectivity index (χ4v) is 2.82. The van der Waals surface area contributed by atoms with E-state index in [0.717, 1.165) is 23.9 Å². The Kier molecular flexibility index (Phi) is 2.88. The summed E-state index contributed by atoms with van der Waals surface area (Å²) in [6.45, 7) is 1.80. The highest BCUT2D eigenvalue weighted by molar-refractivity contribution is 7.09. The van der Waals surface area contributed by atoms with Crippen molar-refractivity contribution in [1.29, 1.82) is 0 Å². The van der Waals surface area contributed by atoms with Crippen LogP contribution in [-0.2, 0) is 0 Å². The van der Waals surface area contributed by atoms with Crippen molar-refractivity contribution in [2.45, 2.75) is 5.92 Å². The van der Waals surface area contributed by atoms with Crippen molar-refractivity contribution in [3.8, 4) is 0 Å². The van der Waals surface area contributed by atoms with E-state index in [9.17, 15) is 0 Å². The molecule has 4 heteroatoms. The number of aliphatic imine (C=N–C) groups is 1. The van der Waals surface area contributed by atoms with E-state index in [1.54, 1.807) is 11.3 Å². The van der Waals surface area contributed by atoms with Crippen LogP contribution in [0.15, 0.2) is 46.9 Å². The minimum atomic E-state index is 0.165. The van der Waals surface area contributed by atoms with Crippen LogP contribution in [0.3, 0.4) is 0 Å². The van der Waals surface area contributed by atoms with Crippen LogP contribution in [0.25, 0.3) is 0 Å². The maximum Gasteiger partial charge on any atom is 0.111 e. The lowest BCUT2D eigenvalue weighted by atomic mass is 9.98. The van der Waals surface area contributed by atoms with Crippen molar-refractivity contribution < 1.29 is 0 Å². The third-order valence-corrected chi connectivity index (χ3v) is 3.65. The molecule has 3 nitrogen and oxygen atoms in total. The second kappa shape index (κ2) is 4.67. The predicted molar refractivity (Wildman–Crippen MR) is 70.7 cm³/mol. The monoisotopic (exact) mass is 243 g/mol. The average Bonchev–Trinajstić information content (AvgIpc) is 3.04. The Morgan fingerprint density at radius 2 is 2.12 bits per heavy atom. The smallest absolute Gasteiger partial charge is 0.111 e. The van der Waals surface area contributed by atoms with Crippen LogP contribution < -0.4 is 5.32 Å². The molecule has 0 aliphatic carbocycles. The van der Waals surface area contributed by atoms with Gasteiger partial charge in [0.15, 0.2) is 0 Å². The first-order chi connectivity index (χ1) is 8.45. The number of aromatic nitrogens is 1. The van der Waals surface area contributed by atoms with E-state index in [1.807, 2.05) is 17.6 Å². The number of rotatable bonds is 3. The molecule has 2 heterocycles. The first-order valence-electron chi connectivity index (χ1n) is 5.68. The molecule has 0 saturated carbocycles. The zero-order chi connectivity index (χ0) is 11.5. The Morgan fingerprint density at radius 3 is 2.76 bits per heavy atom. The van der Waals surface area contributed by atoms with E-state index in [1.165, 1.54) is 5.56 Å². The number of thiazole rings is 1. The third kappa shape index (κ3) is 2.08. The summed E-state index contributed by atoms with van der Waals surface area (Å²) in [4.78, 5) is 8.98. The molecule has 86 valence electrons. The fraction of sp³-hybridized carbons (Fsp3) is 0.231. The molecule has 0 fully saturated rings. The van der Waals surface area contributed by atoms with Crippen molar-refractivity contribution in [3.63, 3.8) is 0 Å². The molecule has 1 N–H and O–H groups in total. The molecule has 1 aromatic heterocycles. The minimum absolute atomic E-state index is 0.165. The van der Waals surface area contributed by atoms with Crippen LogP contribution >= 0.6 is 11.3 Å². The van der Waals surface area contributed by atoms with Gasteiger partial charge < -0.3 is 5.32 Å². The van der Waals surface area contributed by atoms with Crippen LogP contribution in [0.1, 0.15) is 16.5 Å². The zero-order valence-corrected chi connectivity index (χ0v) is 10.2. The SMILES string of the molecule is c1ccc(C(C2=NCCN2)c2nccs2)cc1. The van der Waals surface area contributed by atoms with Gasteiger partial charge in [0.05, 0.1) is 12.5 Å². The summed E-state index contributed by atoms with van der Waals surface area (Å²) in [7, 11) is 0. The Labute approximate surface area is 104 Å². The normalized spacial score (nSPS) is 16.4. The molecular weight excluding hydrogens is 230 g/mol. The van der Waals surface area contributed by atoms with E-state index < -0.39 is 0 Å². The van der Waals surface area contributed by atoms with Crippen LogP contribution in [0.5, 0.6) is 0 Å². The summed E-state index contributed by atoms with van der Waals surface area (Å²) in [5.74, 6) is 1.21. The molecule has 1 aromatic carbocycles. The Hall–Kier alpha value is -1.68. The van der Waals surface area contributed by atoms with Gasteiger partial charge in [-0.05, 0) is 5.56 Å². The molecule has 1 unspecified atom stereocenters. The molecule has 0 amide bonds. The quantitative estimate of drug-likeness (QED) is 0.898. The summed E-state index contributed by atoms with van der Waals surface area (Å²) >= 11 is 1.68. The van der Waals surface area contributed by atoms with Gasteiger partial charge in [0.1, 0.15) is 10.8 Å². The minimum Gasteiger partial charge on any atom is -0.371 e. The second-order valence-corrected chi connectivity index (χ2v) is 4.83. The first-order valence-corrected chi connectivity index (χ1v) is 6.55. The molecule has 0 radical (unpaired) electrons. The fourth-order valence-electron chi connectivity index (χ4n) is 2.05. The van der Waals surface area contributed by atoms with Gasteiger partial charge >= 0.3 is 0 Å². The van der Waals surface area contributed by atoms with Gasteiger partial charge in [0.25, 0.3) is 0 Å². The summed E-state index contributed by atoms with van der Waals surface area (Å²) in [6, 6.07) is 10.4. The number of amidine groups is 1.